The number of nitrogens with zero attached hydrogens (tertiary/aromatic N) is 1. The predicted molar refractivity (Wildman–Crippen MR) is 187 cm³/mol. The molecule has 0 saturated carbocycles. The minimum Gasteiger partial charge on any atom is -0.373 e. The summed E-state index contributed by atoms with van der Waals surface area (Å²) in [6, 6.07) is 37.9. The molecule has 0 fully saturated rings. The highest BCUT2D eigenvalue weighted by Gasteiger charge is 2.32. The zero-order chi connectivity index (χ0) is 28.1. The van der Waals surface area contributed by atoms with E-state index in [1.54, 1.807) is 0 Å². The molecule has 0 saturated heterocycles. The number of aromatic nitrogens is 1. The van der Waals surface area contributed by atoms with Crippen molar-refractivity contribution in [3.63, 3.8) is 0 Å². The molecule has 10 rings (SSSR count). The van der Waals surface area contributed by atoms with Crippen LogP contribution in [0.3, 0.4) is 0 Å². The van der Waals surface area contributed by atoms with Crippen LogP contribution >= 0.6 is 22.7 Å². The molecule has 204 valence electrons. The molecule has 0 spiro atoms. The maximum absolute atomic E-state index is 4.02. The molecule has 2 atom stereocenters. The fourth-order valence-electron chi connectivity index (χ4n) is 7.20. The highest BCUT2D eigenvalue weighted by Crippen LogP contribution is 2.52. The van der Waals surface area contributed by atoms with E-state index in [9.17, 15) is 0 Å². The highest BCUT2D eigenvalue weighted by atomic mass is 32.1. The second-order valence-electron chi connectivity index (χ2n) is 11.4. The van der Waals surface area contributed by atoms with Gasteiger partial charge >= 0.3 is 0 Å². The molecule has 0 radical (unpaired) electrons. The van der Waals surface area contributed by atoms with Crippen LogP contribution in [-0.2, 0) is 0 Å². The Morgan fingerprint density at radius 2 is 1.14 bits per heavy atom. The van der Waals surface area contributed by atoms with Crippen molar-refractivity contribution in [2.24, 2.45) is 0 Å². The number of hydrogen-bond donors (Lipinski definition) is 2. The van der Waals surface area contributed by atoms with Crippen molar-refractivity contribution in [2.45, 2.75) is 12.1 Å². The van der Waals surface area contributed by atoms with Gasteiger partial charge in [0.15, 0.2) is 0 Å². The average Bonchev–Trinajstić information content (AvgIpc) is 3.74. The molecule has 3 nitrogen and oxygen atoms in total. The number of nitrogens with one attached hydrogen (secondary N) is 2. The Morgan fingerprint density at radius 1 is 0.535 bits per heavy atom. The zero-order valence-corrected chi connectivity index (χ0v) is 24.7. The van der Waals surface area contributed by atoms with Crippen LogP contribution in [0.15, 0.2) is 127 Å². The number of hydrogen-bond acceptors (Lipinski definition) is 4. The first-order valence-electron chi connectivity index (χ1n) is 14.7. The van der Waals surface area contributed by atoms with E-state index in [1.165, 1.54) is 67.7 Å². The van der Waals surface area contributed by atoms with Gasteiger partial charge in [-0.05, 0) is 18.2 Å². The lowest BCUT2D eigenvalue weighted by Crippen LogP contribution is -2.51. The molecule has 8 aromatic rings. The van der Waals surface area contributed by atoms with Crippen LogP contribution < -0.4 is 10.6 Å². The van der Waals surface area contributed by atoms with Crippen molar-refractivity contribution in [3.8, 4) is 0 Å². The largest absolute Gasteiger partial charge is 0.373 e. The summed E-state index contributed by atoms with van der Waals surface area (Å²) in [6.45, 7) is 0. The van der Waals surface area contributed by atoms with Gasteiger partial charge in [0, 0.05) is 52.0 Å². The predicted octanol–water partition coefficient (Wildman–Crippen LogP) is 9.87. The van der Waals surface area contributed by atoms with E-state index in [1.807, 2.05) is 22.7 Å². The lowest BCUT2D eigenvalue weighted by molar-refractivity contribution is 0.545. The smallest absolute Gasteiger partial charge is 0.136 e. The quantitative estimate of drug-likeness (QED) is 0.211. The van der Waals surface area contributed by atoms with Gasteiger partial charge in [-0.2, -0.15) is 0 Å². The molecule has 0 bridgehead atoms. The highest BCUT2D eigenvalue weighted by molar-refractivity contribution is 7.30. The Hall–Kier alpha value is -4.84. The molecule has 5 aromatic carbocycles. The summed E-state index contributed by atoms with van der Waals surface area (Å²) in [5.74, 6) is 1.09. The van der Waals surface area contributed by atoms with Crippen molar-refractivity contribution >= 4 is 96.3 Å². The first kappa shape index (κ1) is 23.7. The van der Waals surface area contributed by atoms with Crippen LogP contribution in [0.25, 0.3) is 73.7 Å². The van der Waals surface area contributed by atoms with Gasteiger partial charge < -0.3 is 10.6 Å². The van der Waals surface area contributed by atoms with Crippen LogP contribution in [0.2, 0.25) is 0 Å². The van der Waals surface area contributed by atoms with Crippen molar-refractivity contribution < 1.29 is 0 Å². The lowest BCUT2D eigenvalue weighted by Gasteiger charge is -2.37. The Bertz CT molecular complexity index is 2520. The second kappa shape index (κ2) is 8.83. The van der Waals surface area contributed by atoms with E-state index < -0.39 is 0 Å². The van der Waals surface area contributed by atoms with Crippen molar-refractivity contribution in [1.29, 1.82) is 0 Å². The van der Waals surface area contributed by atoms with E-state index in [4.69, 9.17) is 0 Å². The summed E-state index contributed by atoms with van der Waals surface area (Å²) >= 11 is 3.85. The molecular weight excluding hydrogens is 563 g/mol. The van der Waals surface area contributed by atoms with E-state index in [2.05, 4.69) is 143 Å². The molecule has 4 heterocycles. The molecule has 2 unspecified atom stereocenters. The first-order chi connectivity index (χ1) is 21.3. The molecule has 1 aliphatic carbocycles. The number of benzene rings is 5. The van der Waals surface area contributed by atoms with Crippen LogP contribution in [-0.4, -0.2) is 16.7 Å². The fraction of sp³-hybridized carbons (Fsp3) is 0.0526. The third-order valence-electron chi connectivity index (χ3n) is 9.03. The third kappa shape index (κ3) is 3.24. The summed E-state index contributed by atoms with van der Waals surface area (Å²) < 4.78 is 7.91. The average molecular weight is 588 g/mol. The van der Waals surface area contributed by atoms with Gasteiger partial charge in [-0.15, -0.1) is 22.7 Å². The molecule has 2 N–H and O–H groups in total. The molecule has 5 heteroatoms. The van der Waals surface area contributed by atoms with Gasteiger partial charge in [0.1, 0.15) is 5.82 Å². The minimum absolute atomic E-state index is 0.146. The van der Waals surface area contributed by atoms with Gasteiger partial charge in [0.2, 0.25) is 0 Å². The number of thiophene rings is 2. The summed E-state index contributed by atoms with van der Waals surface area (Å²) in [7, 11) is 0. The van der Waals surface area contributed by atoms with Crippen molar-refractivity contribution in [3.05, 3.63) is 133 Å². The van der Waals surface area contributed by atoms with E-state index in [0.717, 1.165) is 11.5 Å². The molecule has 2 aliphatic rings. The van der Waals surface area contributed by atoms with Crippen LogP contribution in [0.5, 0.6) is 0 Å². The normalized spacial score (nSPS) is 18.3. The molecular formula is C38H25N3S2. The lowest BCUT2D eigenvalue weighted by atomic mass is 9.98. The van der Waals surface area contributed by atoms with Crippen LogP contribution in [0.4, 0.5) is 0 Å². The maximum atomic E-state index is 4.02. The van der Waals surface area contributed by atoms with Crippen molar-refractivity contribution in [1.82, 2.24) is 15.2 Å². The van der Waals surface area contributed by atoms with Crippen molar-refractivity contribution in [2.75, 3.05) is 0 Å². The Labute approximate surface area is 255 Å². The molecule has 0 amide bonds. The molecule has 43 heavy (non-hydrogen) atoms. The number of fused-ring (bicyclic) bond motifs is 13. The summed E-state index contributed by atoms with van der Waals surface area (Å²) in [6.07, 6.45) is 8.82. The van der Waals surface area contributed by atoms with Gasteiger partial charge in [0.25, 0.3) is 0 Å². The Balaban J connectivity index is 1.47. The Morgan fingerprint density at radius 3 is 1.91 bits per heavy atom. The SMILES string of the molecule is C1=CC2NC(c3ccccc3)=C(n3c4ccccc4c4c5c6ccccc6sc5c5c6ccccc6sc5c43)NC2C=C1. The molecule has 3 aromatic heterocycles. The first-order valence-corrected chi connectivity index (χ1v) is 16.3. The van der Waals surface area contributed by atoms with E-state index in [-0.39, 0.29) is 12.1 Å². The standard InChI is InChI=1S/C38H25N3S2/c1-2-12-22(13-3-1)34-38(40-27-18-8-7-17-26(27)39-34)41-28-19-9-4-14-23(28)31-32-24-15-5-10-20-29(24)42-36(32)33-25-16-6-11-21-30(25)43-37(33)35(31)41/h1-21,26-27,39-40H. The number of para-hydroxylation sites is 1. The fourth-order valence-corrected chi connectivity index (χ4v) is 9.79. The summed E-state index contributed by atoms with van der Waals surface area (Å²) in [5.41, 5.74) is 4.78. The van der Waals surface area contributed by atoms with Gasteiger partial charge in [-0.3, -0.25) is 4.57 Å². The second-order valence-corrected chi connectivity index (χ2v) is 13.5. The van der Waals surface area contributed by atoms with E-state index in [0.29, 0.717) is 0 Å². The third-order valence-corrected chi connectivity index (χ3v) is 11.4. The van der Waals surface area contributed by atoms with Gasteiger partial charge in [-0.25, -0.2) is 0 Å². The topological polar surface area (TPSA) is 29.0 Å². The van der Waals surface area contributed by atoms with Crippen LogP contribution in [0, 0.1) is 0 Å². The van der Waals surface area contributed by atoms with Crippen LogP contribution in [0.1, 0.15) is 5.56 Å². The summed E-state index contributed by atoms with van der Waals surface area (Å²) in [5, 5.41) is 16.0. The Kier molecular flexibility index (Phi) is 4.87. The van der Waals surface area contributed by atoms with E-state index >= 15 is 0 Å². The number of rotatable bonds is 2. The molecule has 1 aliphatic heterocycles. The number of allylic oxidation sites excluding steroid dienone is 2. The van der Waals surface area contributed by atoms with Gasteiger partial charge in [0.05, 0.1) is 33.5 Å². The van der Waals surface area contributed by atoms with Gasteiger partial charge in [-0.1, -0.05) is 109 Å². The summed E-state index contributed by atoms with van der Waals surface area (Å²) in [4.78, 5) is 0. The monoisotopic (exact) mass is 587 g/mol. The zero-order valence-electron chi connectivity index (χ0n) is 23.0. The minimum atomic E-state index is 0.146. The maximum Gasteiger partial charge on any atom is 0.136 e.